The fourth-order valence-corrected chi connectivity index (χ4v) is 5.83. The Bertz CT molecular complexity index is 1170. The van der Waals surface area contributed by atoms with E-state index in [0.29, 0.717) is 24.2 Å². The highest BCUT2D eigenvalue weighted by Gasteiger charge is 2.28. The van der Waals surface area contributed by atoms with Crippen LogP contribution in [0.3, 0.4) is 0 Å². The summed E-state index contributed by atoms with van der Waals surface area (Å²) in [6.07, 6.45) is 1.87. The third kappa shape index (κ3) is 3.92. The van der Waals surface area contributed by atoms with Crippen molar-refractivity contribution < 1.29 is 13.2 Å². The highest BCUT2D eigenvalue weighted by molar-refractivity contribution is 7.89. The number of primary sulfonamides is 1. The molecular formula is C21H23N3O3S2. The van der Waals surface area contributed by atoms with E-state index in [1.54, 1.807) is 36.2 Å². The molecule has 1 aromatic heterocycles. The maximum atomic E-state index is 13.2. The van der Waals surface area contributed by atoms with E-state index in [-0.39, 0.29) is 16.7 Å². The Morgan fingerprint density at radius 1 is 1.24 bits per heavy atom. The number of hydrogen-bond acceptors (Lipinski definition) is 5. The van der Waals surface area contributed by atoms with Gasteiger partial charge in [0.15, 0.2) is 0 Å². The highest BCUT2D eigenvalue weighted by atomic mass is 32.2. The number of para-hydroxylation sites is 1. The van der Waals surface area contributed by atoms with Crippen LogP contribution in [0, 0.1) is 13.8 Å². The number of amides is 1. The number of thiazole rings is 1. The molecule has 0 saturated carbocycles. The van der Waals surface area contributed by atoms with Gasteiger partial charge in [-0.1, -0.05) is 12.1 Å². The van der Waals surface area contributed by atoms with E-state index in [1.165, 1.54) is 6.07 Å². The molecule has 1 amide bonds. The number of carbonyl (C=O) groups is 1. The van der Waals surface area contributed by atoms with Crippen molar-refractivity contribution >= 4 is 37.5 Å². The second kappa shape index (κ2) is 7.51. The van der Waals surface area contributed by atoms with Gasteiger partial charge in [0.2, 0.25) is 10.0 Å². The number of aromatic nitrogens is 1. The Hall–Kier alpha value is -2.29. The number of piperidine rings is 1. The molecule has 2 aromatic carbocycles. The van der Waals surface area contributed by atoms with E-state index in [4.69, 9.17) is 10.1 Å². The Morgan fingerprint density at radius 3 is 2.72 bits per heavy atom. The van der Waals surface area contributed by atoms with Gasteiger partial charge >= 0.3 is 0 Å². The van der Waals surface area contributed by atoms with Crippen molar-refractivity contribution in [2.75, 3.05) is 13.1 Å². The first-order valence-electron chi connectivity index (χ1n) is 9.53. The zero-order valence-electron chi connectivity index (χ0n) is 16.4. The quantitative estimate of drug-likeness (QED) is 0.689. The van der Waals surface area contributed by atoms with Crippen LogP contribution in [0.1, 0.15) is 45.3 Å². The number of rotatable bonds is 3. The molecule has 1 saturated heterocycles. The first-order valence-corrected chi connectivity index (χ1v) is 11.9. The van der Waals surface area contributed by atoms with Gasteiger partial charge in [-0.3, -0.25) is 4.79 Å². The number of fused-ring (bicyclic) bond motifs is 1. The van der Waals surface area contributed by atoms with Crippen LogP contribution in [0.2, 0.25) is 0 Å². The van der Waals surface area contributed by atoms with Crippen LogP contribution < -0.4 is 5.14 Å². The summed E-state index contributed by atoms with van der Waals surface area (Å²) in [5.41, 5.74) is 2.67. The molecule has 1 aliphatic rings. The minimum Gasteiger partial charge on any atom is -0.338 e. The molecule has 152 valence electrons. The summed E-state index contributed by atoms with van der Waals surface area (Å²) in [6.45, 7) is 4.72. The number of nitrogens with zero attached hydrogens (tertiary/aromatic N) is 2. The summed E-state index contributed by atoms with van der Waals surface area (Å²) >= 11 is 1.68. The molecule has 8 heteroatoms. The molecule has 1 atom stereocenters. The molecule has 0 spiro atoms. The Morgan fingerprint density at radius 2 is 2.00 bits per heavy atom. The smallest absolute Gasteiger partial charge is 0.253 e. The van der Waals surface area contributed by atoms with Crippen LogP contribution in [0.15, 0.2) is 41.3 Å². The van der Waals surface area contributed by atoms with Crippen LogP contribution in [-0.2, 0) is 10.0 Å². The molecule has 4 rings (SSSR count). The lowest BCUT2D eigenvalue weighted by atomic mass is 9.97. The van der Waals surface area contributed by atoms with Gasteiger partial charge < -0.3 is 4.90 Å². The van der Waals surface area contributed by atoms with E-state index in [0.717, 1.165) is 33.6 Å². The molecular weight excluding hydrogens is 406 g/mol. The highest BCUT2D eigenvalue weighted by Crippen LogP contribution is 2.33. The van der Waals surface area contributed by atoms with Crippen molar-refractivity contribution in [2.24, 2.45) is 5.14 Å². The first-order chi connectivity index (χ1) is 13.7. The third-order valence-electron chi connectivity index (χ3n) is 5.54. The summed E-state index contributed by atoms with van der Waals surface area (Å²) in [4.78, 5) is 19.7. The molecule has 1 aliphatic heterocycles. The van der Waals surface area contributed by atoms with Gasteiger partial charge in [-0.2, -0.15) is 0 Å². The molecule has 0 radical (unpaired) electrons. The largest absolute Gasteiger partial charge is 0.338 e. The number of likely N-dealkylation sites (tertiary alicyclic amines) is 1. The molecule has 3 aromatic rings. The van der Waals surface area contributed by atoms with Gasteiger partial charge in [0, 0.05) is 24.6 Å². The van der Waals surface area contributed by atoms with Gasteiger partial charge in [0.25, 0.3) is 5.91 Å². The fourth-order valence-electron chi connectivity index (χ4n) is 3.86. The van der Waals surface area contributed by atoms with Crippen LogP contribution >= 0.6 is 11.3 Å². The summed E-state index contributed by atoms with van der Waals surface area (Å²) < 4.78 is 25.0. The lowest BCUT2D eigenvalue weighted by molar-refractivity contribution is 0.0706. The molecule has 6 nitrogen and oxygen atoms in total. The predicted molar refractivity (Wildman–Crippen MR) is 115 cm³/mol. The zero-order valence-corrected chi connectivity index (χ0v) is 18.0. The molecule has 0 aliphatic carbocycles. The van der Waals surface area contributed by atoms with Crippen molar-refractivity contribution in [3.05, 3.63) is 58.1 Å². The average Bonchev–Trinajstić information content (AvgIpc) is 3.13. The number of hydrogen-bond donors (Lipinski definition) is 1. The monoisotopic (exact) mass is 429 g/mol. The van der Waals surface area contributed by atoms with Crippen LogP contribution in [0.25, 0.3) is 10.2 Å². The van der Waals surface area contributed by atoms with Gasteiger partial charge in [-0.15, -0.1) is 11.3 Å². The second-order valence-electron chi connectivity index (χ2n) is 7.57. The minimum atomic E-state index is -3.89. The maximum absolute atomic E-state index is 13.2. The maximum Gasteiger partial charge on any atom is 0.253 e. The van der Waals surface area contributed by atoms with Crippen LogP contribution in [0.4, 0.5) is 0 Å². The number of aryl methyl sites for hydroxylation is 1. The van der Waals surface area contributed by atoms with E-state index < -0.39 is 10.0 Å². The first kappa shape index (κ1) is 20.0. The summed E-state index contributed by atoms with van der Waals surface area (Å²) in [7, 11) is -3.89. The molecule has 0 bridgehead atoms. The molecule has 2 heterocycles. The SMILES string of the molecule is Cc1cc(C(=O)N2CCC[C@H](c3nc4ccccc4s3)C2)cc(S(N)(=O)=O)c1C. The zero-order chi connectivity index (χ0) is 20.8. The van der Waals surface area contributed by atoms with Crippen LogP contribution in [0.5, 0.6) is 0 Å². The standard InChI is InChI=1S/C21H23N3O3S2/c1-13-10-16(11-19(14(13)2)29(22,26)27)21(25)24-9-5-6-15(12-24)20-23-17-7-3-4-8-18(17)28-20/h3-4,7-8,10-11,15H,5-6,9,12H2,1-2H3,(H2,22,26,27)/t15-/m0/s1. The second-order valence-corrected chi connectivity index (χ2v) is 10.2. The lowest BCUT2D eigenvalue weighted by Gasteiger charge is -2.32. The Balaban J connectivity index is 1.61. The van der Waals surface area contributed by atoms with Crippen LogP contribution in [-0.4, -0.2) is 37.3 Å². The Labute approximate surface area is 174 Å². The molecule has 0 unspecified atom stereocenters. The fraction of sp³-hybridized carbons (Fsp3) is 0.333. The minimum absolute atomic E-state index is 0.0144. The van der Waals surface area contributed by atoms with E-state index in [2.05, 4.69) is 6.07 Å². The van der Waals surface area contributed by atoms with Crippen molar-refractivity contribution in [1.29, 1.82) is 0 Å². The van der Waals surface area contributed by atoms with E-state index >= 15 is 0 Å². The summed E-state index contributed by atoms with van der Waals surface area (Å²) in [5.74, 6) is 0.0261. The summed E-state index contributed by atoms with van der Waals surface area (Å²) in [6, 6.07) is 11.2. The molecule has 1 fully saturated rings. The molecule has 2 N–H and O–H groups in total. The van der Waals surface area contributed by atoms with Gasteiger partial charge in [0.1, 0.15) is 0 Å². The number of sulfonamides is 1. The van der Waals surface area contributed by atoms with Gasteiger partial charge in [-0.25, -0.2) is 18.5 Å². The van der Waals surface area contributed by atoms with Gasteiger partial charge in [0.05, 0.1) is 20.1 Å². The lowest BCUT2D eigenvalue weighted by Crippen LogP contribution is -2.39. The Kier molecular flexibility index (Phi) is 5.18. The predicted octanol–water partition coefficient (Wildman–Crippen LogP) is 3.58. The molecule has 29 heavy (non-hydrogen) atoms. The van der Waals surface area contributed by atoms with Crippen molar-refractivity contribution in [1.82, 2.24) is 9.88 Å². The van der Waals surface area contributed by atoms with Gasteiger partial charge in [-0.05, 0) is 62.1 Å². The normalized spacial score (nSPS) is 17.6. The number of carbonyl (C=O) groups excluding carboxylic acids is 1. The number of nitrogens with two attached hydrogens (primary N) is 1. The summed E-state index contributed by atoms with van der Waals surface area (Å²) in [5, 5.41) is 6.40. The van der Waals surface area contributed by atoms with Crippen molar-refractivity contribution in [3.8, 4) is 0 Å². The van der Waals surface area contributed by atoms with E-state index in [1.807, 2.05) is 18.2 Å². The number of benzene rings is 2. The average molecular weight is 430 g/mol. The third-order valence-corrected chi connectivity index (χ3v) is 7.78. The van der Waals surface area contributed by atoms with E-state index in [9.17, 15) is 13.2 Å². The van der Waals surface area contributed by atoms with Crippen molar-refractivity contribution in [2.45, 2.75) is 37.5 Å². The topological polar surface area (TPSA) is 93.4 Å². The van der Waals surface area contributed by atoms with Crippen molar-refractivity contribution in [3.63, 3.8) is 0 Å².